The van der Waals surface area contributed by atoms with Gasteiger partial charge in [-0.05, 0) is 5.56 Å². The average molecular weight is 296 g/mol. The van der Waals surface area contributed by atoms with Gasteiger partial charge in [0.2, 0.25) is 0 Å². The third kappa shape index (κ3) is 4.29. The van der Waals surface area contributed by atoms with E-state index in [0.29, 0.717) is 12.1 Å². The molecule has 0 heterocycles. The number of benzene rings is 2. The van der Waals surface area contributed by atoms with Crippen LogP contribution in [0.25, 0.3) is 11.1 Å². The first-order chi connectivity index (χ1) is 9.18. The number of hydrogen-bond acceptors (Lipinski definition) is 0. The third-order valence-electron chi connectivity index (χ3n) is 2.59. The molecule has 0 nitrogen and oxygen atoms in total. The van der Waals surface area contributed by atoms with Crippen molar-refractivity contribution in [1.82, 2.24) is 0 Å². The molecule has 2 rings (SSSR count). The first kappa shape index (κ1) is 17.7. The van der Waals surface area contributed by atoms with E-state index in [2.05, 4.69) is 0 Å². The smallest absolute Gasteiger partial charge is 0.168 e. The van der Waals surface area contributed by atoms with Crippen molar-refractivity contribution in [3.05, 3.63) is 59.7 Å². The van der Waals surface area contributed by atoms with Crippen LogP contribution in [0.4, 0.5) is 26.3 Å². The minimum Gasteiger partial charge on any atom is -0.168 e. The maximum Gasteiger partial charge on any atom is 1.00 e. The molecule has 0 aliphatic rings. The summed E-state index contributed by atoms with van der Waals surface area (Å²) >= 11 is 0. The van der Waals surface area contributed by atoms with Crippen molar-refractivity contribution in [3.63, 3.8) is 0 Å². The molecule has 0 fully saturated rings. The molecule has 0 aliphatic carbocycles. The van der Waals surface area contributed by atoms with Crippen LogP contribution < -0.4 is 18.9 Å². The Labute approximate surface area is 129 Å². The summed E-state index contributed by atoms with van der Waals surface area (Å²) in [5.74, 6) is 0. The number of alkyl halides is 6. The van der Waals surface area contributed by atoms with Gasteiger partial charge in [0.25, 0.3) is 0 Å². The van der Waals surface area contributed by atoms with Gasteiger partial charge in [-0.1, -0.05) is 41.5 Å². The quantitative estimate of drug-likeness (QED) is 0.430. The van der Waals surface area contributed by atoms with Crippen LogP contribution in [0.3, 0.4) is 0 Å². The second-order valence-corrected chi connectivity index (χ2v) is 4.06. The van der Waals surface area contributed by atoms with Crippen molar-refractivity contribution >= 4 is 0 Å². The van der Waals surface area contributed by atoms with Gasteiger partial charge in [0, 0.05) is 0 Å². The fourth-order valence-corrected chi connectivity index (χ4v) is 1.67. The zero-order chi connectivity index (χ0) is 15.0. The summed E-state index contributed by atoms with van der Waals surface area (Å²) in [6.45, 7) is 0. The Hall–Kier alpha value is -1.38. The van der Waals surface area contributed by atoms with Crippen LogP contribution in [0.15, 0.2) is 42.5 Å². The zero-order valence-electron chi connectivity index (χ0n) is 10.8. The van der Waals surface area contributed by atoms with E-state index in [1.165, 1.54) is 30.3 Å². The average Bonchev–Trinajstić information content (AvgIpc) is 2.37. The van der Waals surface area contributed by atoms with Gasteiger partial charge in [0.05, 0.1) is 0 Å². The standard InChI is InChI=1S/C14H7F6.Li/c15-13(16,17)11-6-10(9-4-2-1-3-5-9)7-12(8-11)14(18,19)20;/h1-7H;/q-1;+1. The summed E-state index contributed by atoms with van der Waals surface area (Å²) in [7, 11) is 0. The first-order valence-electron chi connectivity index (χ1n) is 5.45. The SMILES string of the molecule is FC(F)(F)c1[c-]c(C(F)(F)F)cc(-c2ccccc2)c1.[Li+]. The Morgan fingerprint density at radius 2 is 1.10 bits per heavy atom. The molecule has 0 amide bonds. The summed E-state index contributed by atoms with van der Waals surface area (Å²) < 4.78 is 75.9. The predicted octanol–water partition coefficient (Wildman–Crippen LogP) is 2.20. The van der Waals surface area contributed by atoms with Crippen LogP contribution in [0, 0.1) is 6.07 Å². The maximum atomic E-state index is 12.7. The molecule has 0 saturated heterocycles. The predicted molar refractivity (Wildman–Crippen MR) is 60.7 cm³/mol. The summed E-state index contributed by atoms with van der Waals surface area (Å²) in [6, 6.07) is 10.3. The van der Waals surface area contributed by atoms with E-state index in [9.17, 15) is 26.3 Å². The van der Waals surface area contributed by atoms with E-state index >= 15 is 0 Å². The van der Waals surface area contributed by atoms with Gasteiger partial charge in [-0.3, -0.25) is 0 Å². The summed E-state index contributed by atoms with van der Waals surface area (Å²) in [5, 5.41) is 0. The number of rotatable bonds is 1. The van der Waals surface area contributed by atoms with Gasteiger partial charge in [0.1, 0.15) is 0 Å². The van der Waals surface area contributed by atoms with Crippen molar-refractivity contribution in [2.75, 3.05) is 0 Å². The Morgan fingerprint density at radius 1 is 0.667 bits per heavy atom. The van der Waals surface area contributed by atoms with Crippen LogP contribution >= 0.6 is 0 Å². The molecule has 21 heavy (non-hydrogen) atoms. The van der Waals surface area contributed by atoms with Crippen LogP contribution in [0.2, 0.25) is 0 Å². The minimum absolute atomic E-state index is 0. The molecule has 0 radical (unpaired) electrons. The molecule has 0 bridgehead atoms. The van der Waals surface area contributed by atoms with E-state index in [4.69, 9.17) is 0 Å². The van der Waals surface area contributed by atoms with Crippen LogP contribution in [0.1, 0.15) is 11.1 Å². The van der Waals surface area contributed by atoms with Gasteiger partial charge in [-0.2, -0.15) is 44.5 Å². The van der Waals surface area contributed by atoms with Crippen molar-refractivity contribution in [2.45, 2.75) is 12.4 Å². The Bertz CT molecular complexity index is 569. The van der Waals surface area contributed by atoms with E-state index < -0.39 is 23.5 Å². The fourth-order valence-electron chi connectivity index (χ4n) is 1.67. The molecule has 0 aromatic heterocycles. The van der Waals surface area contributed by atoms with Crippen molar-refractivity contribution in [3.8, 4) is 11.1 Å². The van der Waals surface area contributed by atoms with Gasteiger partial charge in [-0.25, -0.2) is 0 Å². The molecule has 0 unspecified atom stereocenters. The van der Waals surface area contributed by atoms with Crippen molar-refractivity contribution in [1.29, 1.82) is 0 Å². The van der Waals surface area contributed by atoms with Gasteiger partial charge >= 0.3 is 31.2 Å². The molecule has 7 heteroatoms. The summed E-state index contributed by atoms with van der Waals surface area (Å²) in [4.78, 5) is 0. The molecule has 106 valence electrons. The first-order valence-corrected chi connectivity index (χ1v) is 5.45. The molecule has 0 aliphatic heterocycles. The topological polar surface area (TPSA) is 0 Å². The minimum atomic E-state index is -4.88. The van der Waals surface area contributed by atoms with Gasteiger partial charge in [-0.15, -0.1) is 5.56 Å². The van der Waals surface area contributed by atoms with Crippen LogP contribution in [0.5, 0.6) is 0 Å². The van der Waals surface area contributed by atoms with E-state index in [1.54, 1.807) is 6.07 Å². The van der Waals surface area contributed by atoms with E-state index in [1.807, 2.05) is 0 Å². The molecule has 0 atom stereocenters. The molecule has 0 spiro atoms. The van der Waals surface area contributed by atoms with Crippen LogP contribution in [-0.2, 0) is 12.4 Å². The second kappa shape index (κ2) is 6.16. The molecule has 0 N–H and O–H groups in total. The van der Waals surface area contributed by atoms with Gasteiger partial charge < -0.3 is 0 Å². The van der Waals surface area contributed by atoms with Gasteiger partial charge in [0.15, 0.2) is 0 Å². The largest absolute Gasteiger partial charge is 1.00 e. The molecule has 2 aromatic carbocycles. The monoisotopic (exact) mass is 296 g/mol. The summed E-state index contributed by atoms with van der Waals surface area (Å²) in [5.41, 5.74) is -2.75. The fraction of sp³-hybridized carbons (Fsp3) is 0.143. The zero-order valence-corrected chi connectivity index (χ0v) is 10.8. The van der Waals surface area contributed by atoms with E-state index in [-0.39, 0.29) is 30.0 Å². The van der Waals surface area contributed by atoms with Crippen molar-refractivity contribution < 1.29 is 45.2 Å². The third-order valence-corrected chi connectivity index (χ3v) is 2.59. The van der Waals surface area contributed by atoms with Crippen LogP contribution in [-0.4, -0.2) is 0 Å². The molecular weight excluding hydrogens is 289 g/mol. The Balaban J connectivity index is 0.00000220. The number of halogens is 6. The summed E-state index contributed by atoms with van der Waals surface area (Å²) in [6.07, 6.45) is -9.77. The second-order valence-electron chi connectivity index (χ2n) is 4.06. The van der Waals surface area contributed by atoms with Crippen molar-refractivity contribution in [2.24, 2.45) is 0 Å². The number of hydrogen-bond donors (Lipinski definition) is 0. The molecule has 2 aromatic rings. The maximum absolute atomic E-state index is 12.7. The Morgan fingerprint density at radius 3 is 1.48 bits per heavy atom. The van der Waals surface area contributed by atoms with E-state index in [0.717, 1.165) is 0 Å². The molecule has 0 saturated carbocycles. The normalized spacial score (nSPS) is 11.9. The Kier molecular flexibility index (Phi) is 5.19. The molecular formula is C14H7F6Li.